The fourth-order valence-corrected chi connectivity index (χ4v) is 2.60. The van der Waals surface area contributed by atoms with Gasteiger partial charge in [0.2, 0.25) is 11.8 Å². The van der Waals surface area contributed by atoms with Crippen molar-refractivity contribution in [3.05, 3.63) is 33.3 Å². The summed E-state index contributed by atoms with van der Waals surface area (Å²) in [5.41, 5.74) is -0.238. The minimum absolute atomic E-state index is 0.0951. The lowest BCUT2D eigenvalue weighted by Gasteiger charge is -2.20. The zero-order chi connectivity index (χ0) is 18.9. The summed E-state index contributed by atoms with van der Waals surface area (Å²) in [5, 5.41) is 5.35. The number of benzene rings is 1. The quantitative estimate of drug-likeness (QED) is 0.769. The topological polar surface area (TPSA) is 95.6 Å². The van der Waals surface area contributed by atoms with E-state index < -0.39 is 29.8 Å². The second-order valence-corrected chi connectivity index (χ2v) is 7.40. The Hall–Kier alpha value is -2.12. The molecule has 134 valence electrons. The van der Waals surface area contributed by atoms with Gasteiger partial charge in [-0.3, -0.25) is 24.1 Å². The van der Waals surface area contributed by atoms with Crippen LogP contribution >= 0.6 is 23.2 Å². The van der Waals surface area contributed by atoms with Crippen molar-refractivity contribution in [1.82, 2.24) is 15.5 Å². The number of carbonyl (C=O) groups excluding carboxylic acids is 4. The van der Waals surface area contributed by atoms with Crippen LogP contribution in [0.4, 0.5) is 0 Å². The van der Waals surface area contributed by atoms with Crippen molar-refractivity contribution in [3.63, 3.8) is 0 Å². The number of nitrogens with one attached hydrogen (secondary N) is 2. The number of rotatable bonds is 4. The molecule has 0 aromatic heterocycles. The van der Waals surface area contributed by atoms with Crippen molar-refractivity contribution in [1.29, 1.82) is 0 Å². The van der Waals surface area contributed by atoms with Crippen molar-refractivity contribution >= 4 is 46.8 Å². The molecule has 1 heterocycles. The number of imide groups is 1. The lowest BCUT2D eigenvalue weighted by molar-refractivity contribution is -0.126. The van der Waals surface area contributed by atoms with Crippen LogP contribution in [-0.4, -0.2) is 47.2 Å². The molecule has 0 bridgehead atoms. The largest absolute Gasteiger partial charge is 0.350 e. The van der Waals surface area contributed by atoms with Crippen LogP contribution < -0.4 is 10.6 Å². The second-order valence-electron chi connectivity index (χ2n) is 6.58. The summed E-state index contributed by atoms with van der Waals surface area (Å²) < 4.78 is 0. The molecule has 0 aliphatic carbocycles. The molecule has 1 aromatic rings. The molecular weight excluding hydrogens is 369 g/mol. The molecule has 0 saturated heterocycles. The van der Waals surface area contributed by atoms with E-state index in [1.165, 1.54) is 12.1 Å². The molecule has 9 heteroatoms. The van der Waals surface area contributed by atoms with E-state index in [2.05, 4.69) is 10.6 Å². The van der Waals surface area contributed by atoms with E-state index in [-0.39, 0.29) is 33.6 Å². The van der Waals surface area contributed by atoms with Gasteiger partial charge < -0.3 is 10.6 Å². The van der Waals surface area contributed by atoms with Gasteiger partial charge in [-0.1, -0.05) is 23.2 Å². The van der Waals surface area contributed by atoms with Gasteiger partial charge in [0.25, 0.3) is 11.8 Å². The molecule has 2 rings (SSSR count). The van der Waals surface area contributed by atoms with Crippen molar-refractivity contribution in [2.45, 2.75) is 26.3 Å². The monoisotopic (exact) mass is 385 g/mol. The number of halogens is 2. The number of amides is 4. The Labute approximate surface area is 154 Å². The van der Waals surface area contributed by atoms with E-state index in [4.69, 9.17) is 23.2 Å². The Morgan fingerprint density at radius 3 is 1.92 bits per heavy atom. The van der Waals surface area contributed by atoms with E-state index in [0.717, 1.165) is 4.90 Å². The average Bonchev–Trinajstić information content (AvgIpc) is 2.69. The van der Waals surface area contributed by atoms with Gasteiger partial charge in [0.05, 0.1) is 27.7 Å². The third kappa shape index (κ3) is 4.49. The molecule has 0 spiro atoms. The molecule has 0 saturated carbocycles. The molecule has 2 N–H and O–H groups in total. The van der Waals surface area contributed by atoms with E-state index in [1.54, 1.807) is 0 Å². The number of carbonyl (C=O) groups is 4. The Bertz CT molecular complexity index is 730. The van der Waals surface area contributed by atoms with Crippen LogP contribution in [-0.2, 0) is 9.59 Å². The highest BCUT2D eigenvalue weighted by Crippen LogP contribution is 2.31. The van der Waals surface area contributed by atoms with Gasteiger partial charge >= 0.3 is 0 Å². The Morgan fingerprint density at radius 1 is 1.00 bits per heavy atom. The maximum absolute atomic E-state index is 12.3. The highest BCUT2D eigenvalue weighted by Gasteiger charge is 2.37. The van der Waals surface area contributed by atoms with Crippen molar-refractivity contribution in [2.75, 3.05) is 13.1 Å². The van der Waals surface area contributed by atoms with E-state index in [9.17, 15) is 19.2 Å². The molecule has 0 radical (unpaired) electrons. The molecule has 1 aromatic carbocycles. The molecule has 1 aliphatic heterocycles. The van der Waals surface area contributed by atoms with Gasteiger partial charge in [-0.25, -0.2) is 0 Å². The predicted molar refractivity (Wildman–Crippen MR) is 92.7 cm³/mol. The summed E-state index contributed by atoms with van der Waals surface area (Å²) in [4.78, 5) is 49.0. The molecule has 25 heavy (non-hydrogen) atoms. The van der Waals surface area contributed by atoms with Gasteiger partial charge in [0.1, 0.15) is 6.54 Å². The van der Waals surface area contributed by atoms with Crippen molar-refractivity contribution in [3.8, 4) is 0 Å². The summed E-state index contributed by atoms with van der Waals surface area (Å²) in [6.45, 7) is 4.67. The summed E-state index contributed by atoms with van der Waals surface area (Å²) in [5.74, 6) is -2.27. The molecule has 1 aliphatic rings. The first-order valence-electron chi connectivity index (χ1n) is 7.42. The van der Waals surface area contributed by atoms with Crippen molar-refractivity contribution in [2.24, 2.45) is 0 Å². The lowest BCUT2D eigenvalue weighted by Crippen LogP contribution is -2.47. The fourth-order valence-electron chi connectivity index (χ4n) is 2.27. The van der Waals surface area contributed by atoms with Gasteiger partial charge in [-0.2, -0.15) is 0 Å². The summed E-state index contributed by atoms with van der Waals surface area (Å²) in [6.07, 6.45) is 0. The van der Waals surface area contributed by atoms with Crippen LogP contribution in [0.5, 0.6) is 0 Å². The fraction of sp³-hybridized carbons (Fsp3) is 0.375. The number of fused-ring (bicyclic) bond motifs is 1. The van der Waals surface area contributed by atoms with Crippen LogP contribution in [0.15, 0.2) is 12.1 Å². The van der Waals surface area contributed by atoms with E-state index >= 15 is 0 Å². The van der Waals surface area contributed by atoms with Gasteiger partial charge in [0.15, 0.2) is 0 Å². The first kappa shape index (κ1) is 19.2. The molecular formula is C16H17Cl2N3O4. The average molecular weight is 386 g/mol. The van der Waals surface area contributed by atoms with Crippen LogP contribution in [0, 0.1) is 0 Å². The molecule has 7 nitrogen and oxygen atoms in total. The summed E-state index contributed by atoms with van der Waals surface area (Å²) in [6, 6.07) is 2.60. The SMILES string of the molecule is CC(C)(C)NC(=O)CNC(=O)CN1C(=O)c2cc(Cl)c(Cl)cc2C1=O. The normalized spacial score (nSPS) is 13.7. The maximum Gasteiger partial charge on any atom is 0.262 e. The van der Waals surface area contributed by atoms with Gasteiger partial charge in [-0.15, -0.1) is 0 Å². The van der Waals surface area contributed by atoms with Gasteiger partial charge in [0, 0.05) is 5.54 Å². The molecule has 0 atom stereocenters. The highest BCUT2D eigenvalue weighted by molar-refractivity contribution is 6.43. The second kappa shape index (κ2) is 7.01. The highest BCUT2D eigenvalue weighted by atomic mass is 35.5. The number of hydrogen-bond acceptors (Lipinski definition) is 4. The predicted octanol–water partition coefficient (Wildman–Crippen LogP) is 1.62. The third-order valence-corrected chi connectivity index (χ3v) is 4.00. The number of nitrogens with zero attached hydrogens (tertiary/aromatic N) is 1. The zero-order valence-electron chi connectivity index (χ0n) is 13.9. The van der Waals surface area contributed by atoms with Crippen LogP contribution in [0.3, 0.4) is 0 Å². The van der Waals surface area contributed by atoms with Gasteiger partial charge in [-0.05, 0) is 32.9 Å². The zero-order valence-corrected chi connectivity index (χ0v) is 15.4. The Balaban J connectivity index is 1.99. The minimum Gasteiger partial charge on any atom is -0.350 e. The third-order valence-electron chi connectivity index (χ3n) is 3.27. The van der Waals surface area contributed by atoms with E-state index in [0.29, 0.717) is 0 Å². The number of hydrogen-bond donors (Lipinski definition) is 2. The van der Waals surface area contributed by atoms with Crippen LogP contribution in [0.25, 0.3) is 0 Å². The standard InChI is InChI=1S/C16H17Cl2N3O4/c1-16(2,3)20-12(22)6-19-13(23)7-21-14(24)8-4-10(17)11(18)5-9(8)15(21)25/h4-5H,6-7H2,1-3H3,(H,19,23)(H,20,22). The van der Waals surface area contributed by atoms with Crippen molar-refractivity contribution < 1.29 is 19.2 Å². The molecule has 0 fully saturated rings. The van der Waals surface area contributed by atoms with Crippen LogP contribution in [0.1, 0.15) is 41.5 Å². The summed E-state index contributed by atoms with van der Waals surface area (Å²) >= 11 is 11.7. The first-order valence-corrected chi connectivity index (χ1v) is 8.18. The Kier molecular flexibility index (Phi) is 5.39. The van der Waals surface area contributed by atoms with Crippen LogP contribution in [0.2, 0.25) is 10.0 Å². The smallest absolute Gasteiger partial charge is 0.262 e. The van der Waals surface area contributed by atoms with E-state index in [1.807, 2.05) is 20.8 Å². The first-order chi connectivity index (χ1) is 11.5. The molecule has 0 unspecified atom stereocenters. The maximum atomic E-state index is 12.3. The Morgan fingerprint density at radius 2 is 1.48 bits per heavy atom. The summed E-state index contributed by atoms with van der Waals surface area (Å²) in [7, 11) is 0. The lowest BCUT2D eigenvalue weighted by atomic mass is 10.1. The minimum atomic E-state index is -0.632. The molecule has 4 amide bonds.